The van der Waals surface area contributed by atoms with E-state index < -0.39 is 0 Å². The molecule has 0 aromatic carbocycles. The van der Waals surface area contributed by atoms with Gasteiger partial charge in [0.05, 0.1) is 6.20 Å². The second-order valence-corrected chi connectivity index (χ2v) is 4.63. The molecule has 0 unspecified atom stereocenters. The Labute approximate surface area is 97.6 Å². The quantitative estimate of drug-likeness (QED) is 0.847. The normalized spacial score (nSPS) is 11.1. The number of rotatable bonds is 4. The van der Waals surface area contributed by atoms with Gasteiger partial charge in [-0.1, -0.05) is 29.8 Å². The number of nitrogens with zero attached hydrogens (tertiary/aromatic N) is 2. The fraction of sp³-hybridized carbons (Fsp3) is 0.500. The minimum absolute atomic E-state index is 0.0396. The highest BCUT2D eigenvalue weighted by molar-refractivity contribution is 9.09. The van der Waals surface area contributed by atoms with Crippen LogP contribution in [0.5, 0.6) is 0 Å². The van der Waals surface area contributed by atoms with Gasteiger partial charge >= 0.3 is 0 Å². The maximum atomic E-state index is 11.6. The summed E-state index contributed by atoms with van der Waals surface area (Å²) in [7, 11) is 0. The van der Waals surface area contributed by atoms with Gasteiger partial charge in [-0.2, -0.15) is 0 Å². The van der Waals surface area contributed by atoms with Gasteiger partial charge < -0.3 is 5.32 Å². The first-order chi connectivity index (χ1) is 7.05. The Hall–Kier alpha value is -0.970. The van der Waals surface area contributed by atoms with Crippen molar-refractivity contribution in [3.8, 4) is 0 Å². The Morgan fingerprint density at radius 1 is 1.53 bits per heavy atom. The van der Waals surface area contributed by atoms with Crippen LogP contribution < -0.4 is 5.32 Å². The van der Waals surface area contributed by atoms with E-state index >= 15 is 0 Å². The van der Waals surface area contributed by atoms with Gasteiger partial charge in [-0.05, 0) is 5.41 Å². The van der Waals surface area contributed by atoms with Crippen LogP contribution in [0.15, 0.2) is 18.6 Å². The number of carbonyl (C=O) groups is 1. The average molecular weight is 272 g/mol. The highest BCUT2D eigenvalue weighted by Crippen LogP contribution is 2.16. The van der Waals surface area contributed by atoms with Crippen LogP contribution in [-0.4, -0.2) is 27.7 Å². The predicted octanol–water partition coefficient (Wildman–Crippen LogP) is 1.63. The van der Waals surface area contributed by atoms with E-state index in [1.165, 1.54) is 12.4 Å². The molecule has 4 nitrogen and oxygen atoms in total. The summed E-state index contributed by atoms with van der Waals surface area (Å²) in [5, 5.41) is 3.65. The van der Waals surface area contributed by atoms with Crippen LogP contribution in [0.25, 0.3) is 0 Å². The third-order valence-corrected chi connectivity index (χ3v) is 3.40. The summed E-state index contributed by atoms with van der Waals surface area (Å²) < 4.78 is 0. The minimum atomic E-state index is -0.183. The molecule has 1 amide bonds. The van der Waals surface area contributed by atoms with E-state index in [2.05, 4.69) is 45.1 Å². The number of hydrogen-bond acceptors (Lipinski definition) is 3. The molecule has 15 heavy (non-hydrogen) atoms. The summed E-state index contributed by atoms with van der Waals surface area (Å²) in [4.78, 5) is 19.3. The van der Waals surface area contributed by atoms with Crippen LogP contribution in [-0.2, 0) is 0 Å². The van der Waals surface area contributed by atoms with Crippen molar-refractivity contribution in [2.75, 3.05) is 11.9 Å². The van der Waals surface area contributed by atoms with Crippen molar-refractivity contribution in [2.45, 2.75) is 13.8 Å². The lowest BCUT2D eigenvalue weighted by atomic mass is 9.97. The van der Waals surface area contributed by atoms with Crippen molar-refractivity contribution in [3.05, 3.63) is 24.3 Å². The van der Waals surface area contributed by atoms with Gasteiger partial charge in [0.1, 0.15) is 5.69 Å². The molecule has 0 aliphatic heterocycles. The van der Waals surface area contributed by atoms with Crippen molar-refractivity contribution in [2.24, 2.45) is 5.41 Å². The van der Waals surface area contributed by atoms with E-state index in [0.717, 1.165) is 5.33 Å². The third kappa shape index (κ3) is 3.95. The lowest BCUT2D eigenvalue weighted by molar-refractivity contribution is 0.0935. The smallest absolute Gasteiger partial charge is 0.271 e. The standard InChI is InChI=1S/C10H14BrN3O/c1-10(2,6-11)7-14-9(15)8-5-12-3-4-13-8/h3-5H,6-7H2,1-2H3,(H,14,15). The molecule has 0 spiro atoms. The Kier molecular flexibility index (Phi) is 4.20. The highest BCUT2D eigenvalue weighted by Gasteiger charge is 2.17. The molecule has 0 aliphatic rings. The number of hydrogen-bond donors (Lipinski definition) is 1. The molecule has 1 N–H and O–H groups in total. The van der Waals surface area contributed by atoms with Gasteiger partial charge in [0.2, 0.25) is 0 Å². The van der Waals surface area contributed by atoms with Crippen molar-refractivity contribution in [1.29, 1.82) is 0 Å². The number of aromatic nitrogens is 2. The topological polar surface area (TPSA) is 54.9 Å². The van der Waals surface area contributed by atoms with E-state index in [0.29, 0.717) is 12.2 Å². The number of halogens is 1. The van der Waals surface area contributed by atoms with E-state index in [1.54, 1.807) is 6.20 Å². The molecular formula is C10H14BrN3O. The van der Waals surface area contributed by atoms with Crippen molar-refractivity contribution < 1.29 is 4.79 Å². The summed E-state index contributed by atoms with van der Waals surface area (Å²) in [6.07, 6.45) is 4.50. The fourth-order valence-electron chi connectivity index (χ4n) is 0.874. The van der Waals surface area contributed by atoms with Crippen LogP contribution in [0.3, 0.4) is 0 Å². The van der Waals surface area contributed by atoms with Crippen molar-refractivity contribution in [3.63, 3.8) is 0 Å². The fourth-order valence-corrected chi connectivity index (χ4v) is 1.07. The Balaban J connectivity index is 2.51. The largest absolute Gasteiger partial charge is 0.350 e. The highest BCUT2D eigenvalue weighted by atomic mass is 79.9. The van der Waals surface area contributed by atoms with Crippen molar-refractivity contribution in [1.82, 2.24) is 15.3 Å². The minimum Gasteiger partial charge on any atom is -0.350 e. The first-order valence-corrected chi connectivity index (χ1v) is 5.77. The maximum Gasteiger partial charge on any atom is 0.271 e. The molecule has 0 bridgehead atoms. The van der Waals surface area contributed by atoms with Gasteiger partial charge in [0, 0.05) is 24.3 Å². The molecule has 1 rings (SSSR count). The first-order valence-electron chi connectivity index (χ1n) is 4.65. The molecule has 0 saturated carbocycles. The number of alkyl halides is 1. The summed E-state index contributed by atoms with van der Waals surface area (Å²) in [6.45, 7) is 4.74. The molecule has 1 heterocycles. The summed E-state index contributed by atoms with van der Waals surface area (Å²) in [5.74, 6) is -0.183. The second kappa shape index (κ2) is 5.21. The first kappa shape index (κ1) is 12.1. The van der Waals surface area contributed by atoms with Gasteiger partial charge in [0.25, 0.3) is 5.91 Å². The lowest BCUT2D eigenvalue weighted by Crippen LogP contribution is -2.35. The number of carbonyl (C=O) groups excluding carboxylic acids is 1. The molecule has 0 saturated heterocycles. The molecule has 0 radical (unpaired) electrons. The van der Waals surface area contributed by atoms with Gasteiger partial charge in [-0.25, -0.2) is 4.98 Å². The maximum absolute atomic E-state index is 11.6. The van der Waals surface area contributed by atoms with Gasteiger partial charge in [-0.3, -0.25) is 9.78 Å². The molecule has 0 fully saturated rings. The zero-order chi connectivity index (χ0) is 11.3. The molecule has 82 valence electrons. The molecule has 0 atom stereocenters. The van der Waals surface area contributed by atoms with E-state index in [4.69, 9.17) is 0 Å². The monoisotopic (exact) mass is 271 g/mol. The van der Waals surface area contributed by atoms with Gasteiger partial charge in [0.15, 0.2) is 0 Å². The second-order valence-electron chi connectivity index (χ2n) is 4.07. The lowest BCUT2D eigenvalue weighted by Gasteiger charge is -2.21. The van der Waals surface area contributed by atoms with Crippen LogP contribution in [0.2, 0.25) is 0 Å². The Bertz CT molecular complexity index is 327. The SMILES string of the molecule is CC(C)(CBr)CNC(=O)c1cnccn1. The zero-order valence-corrected chi connectivity index (χ0v) is 10.4. The summed E-state index contributed by atoms with van der Waals surface area (Å²) in [5.41, 5.74) is 0.389. The Morgan fingerprint density at radius 3 is 2.80 bits per heavy atom. The van der Waals surface area contributed by atoms with E-state index in [9.17, 15) is 4.79 Å². The van der Waals surface area contributed by atoms with E-state index in [-0.39, 0.29) is 11.3 Å². The number of nitrogens with one attached hydrogen (secondary N) is 1. The third-order valence-electron chi connectivity index (χ3n) is 1.89. The predicted molar refractivity (Wildman–Crippen MR) is 61.9 cm³/mol. The van der Waals surface area contributed by atoms with Crippen molar-refractivity contribution >= 4 is 21.8 Å². The zero-order valence-electron chi connectivity index (χ0n) is 8.83. The van der Waals surface area contributed by atoms with Gasteiger partial charge in [-0.15, -0.1) is 0 Å². The summed E-state index contributed by atoms with van der Waals surface area (Å²) in [6, 6.07) is 0. The van der Waals surface area contributed by atoms with Crippen LogP contribution in [0, 0.1) is 5.41 Å². The molecule has 1 aromatic heterocycles. The summed E-state index contributed by atoms with van der Waals surface area (Å²) >= 11 is 3.40. The average Bonchev–Trinajstić information content (AvgIpc) is 2.27. The van der Waals surface area contributed by atoms with Crippen LogP contribution in [0.4, 0.5) is 0 Å². The molecule has 1 aromatic rings. The van der Waals surface area contributed by atoms with Crippen LogP contribution >= 0.6 is 15.9 Å². The number of amides is 1. The molecule has 5 heteroatoms. The Morgan fingerprint density at radius 2 is 2.27 bits per heavy atom. The van der Waals surface area contributed by atoms with E-state index in [1.807, 2.05) is 0 Å². The molecule has 0 aliphatic carbocycles. The molecular weight excluding hydrogens is 258 g/mol. The van der Waals surface area contributed by atoms with Crippen LogP contribution in [0.1, 0.15) is 24.3 Å².